The maximum atomic E-state index is 13.2. The fraction of sp³-hybridized carbons (Fsp3) is 0.333. The predicted molar refractivity (Wildman–Crippen MR) is 54.7 cm³/mol. The van der Waals surface area contributed by atoms with Crippen LogP contribution in [-0.4, -0.2) is 6.54 Å². The van der Waals surface area contributed by atoms with Crippen molar-refractivity contribution in [3.8, 4) is 0 Å². The van der Waals surface area contributed by atoms with E-state index >= 15 is 0 Å². The Morgan fingerprint density at radius 3 is 2.77 bits per heavy atom. The fourth-order valence-corrected chi connectivity index (χ4v) is 1.51. The van der Waals surface area contributed by atoms with E-state index in [1.807, 2.05) is 0 Å². The van der Waals surface area contributed by atoms with Gasteiger partial charge in [0, 0.05) is 16.1 Å². The van der Waals surface area contributed by atoms with Crippen molar-refractivity contribution >= 4 is 15.9 Å². The summed E-state index contributed by atoms with van der Waals surface area (Å²) in [5.74, 6) is -0.274. The zero-order chi connectivity index (χ0) is 9.84. The lowest BCUT2D eigenvalue weighted by molar-refractivity contribution is 0.567. The number of benzene rings is 1. The molecule has 0 radical (unpaired) electrons. The van der Waals surface area contributed by atoms with Gasteiger partial charge in [-0.3, -0.25) is 0 Å². The van der Waals surface area contributed by atoms with Crippen molar-refractivity contribution < 1.29 is 4.39 Å². The van der Waals surface area contributed by atoms with Crippen molar-refractivity contribution in [1.82, 2.24) is 0 Å². The van der Waals surface area contributed by atoms with Crippen LogP contribution in [0.1, 0.15) is 18.0 Å². The van der Waals surface area contributed by atoms with E-state index in [2.05, 4.69) is 15.9 Å². The first kappa shape index (κ1) is 10.6. The normalized spacial score (nSPS) is 12.9. The molecule has 1 aromatic carbocycles. The Kier molecular flexibility index (Phi) is 3.84. The van der Waals surface area contributed by atoms with Gasteiger partial charge in [0.2, 0.25) is 0 Å². The second-order valence-electron chi connectivity index (χ2n) is 2.85. The van der Waals surface area contributed by atoms with Crippen LogP contribution in [0.15, 0.2) is 22.7 Å². The quantitative estimate of drug-likeness (QED) is 0.857. The molecule has 4 heteroatoms. The summed E-state index contributed by atoms with van der Waals surface area (Å²) in [6.45, 7) is 0.465. The molecule has 0 aliphatic rings. The number of halogens is 2. The molecule has 1 atom stereocenters. The average Bonchev–Trinajstić information content (AvgIpc) is 2.09. The van der Waals surface area contributed by atoms with Crippen LogP contribution in [0.4, 0.5) is 4.39 Å². The van der Waals surface area contributed by atoms with Gasteiger partial charge >= 0.3 is 0 Å². The molecule has 1 rings (SSSR count). The Morgan fingerprint density at radius 1 is 1.46 bits per heavy atom. The first-order valence-electron chi connectivity index (χ1n) is 4.05. The second kappa shape index (κ2) is 4.69. The number of hydrogen-bond donors (Lipinski definition) is 2. The van der Waals surface area contributed by atoms with E-state index in [4.69, 9.17) is 11.5 Å². The third-order valence-electron chi connectivity index (χ3n) is 1.84. The smallest absolute Gasteiger partial charge is 0.128 e. The summed E-state index contributed by atoms with van der Waals surface area (Å²) in [6, 6.07) is 4.42. The van der Waals surface area contributed by atoms with E-state index in [9.17, 15) is 4.39 Å². The molecule has 13 heavy (non-hydrogen) atoms. The highest BCUT2D eigenvalue weighted by molar-refractivity contribution is 9.10. The third kappa shape index (κ3) is 2.76. The number of nitrogens with two attached hydrogens (primary N) is 2. The summed E-state index contributed by atoms with van der Waals surface area (Å²) in [6.07, 6.45) is 0.591. The van der Waals surface area contributed by atoms with E-state index in [0.29, 0.717) is 18.5 Å². The van der Waals surface area contributed by atoms with E-state index in [0.717, 1.165) is 4.47 Å². The van der Waals surface area contributed by atoms with Crippen LogP contribution in [0.2, 0.25) is 0 Å². The van der Waals surface area contributed by atoms with Crippen molar-refractivity contribution in [3.63, 3.8) is 0 Å². The van der Waals surface area contributed by atoms with Gasteiger partial charge < -0.3 is 11.5 Å². The highest BCUT2D eigenvalue weighted by Crippen LogP contribution is 2.21. The van der Waals surface area contributed by atoms with Crippen molar-refractivity contribution in [2.45, 2.75) is 12.5 Å². The molecule has 0 bridgehead atoms. The fourth-order valence-electron chi connectivity index (χ4n) is 1.13. The van der Waals surface area contributed by atoms with Gasteiger partial charge in [-0.15, -0.1) is 0 Å². The van der Waals surface area contributed by atoms with Gasteiger partial charge in [0.1, 0.15) is 5.82 Å². The summed E-state index contributed by atoms with van der Waals surface area (Å²) in [5.41, 5.74) is 11.6. The monoisotopic (exact) mass is 246 g/mol. The second-order valence-corrected chi connectivity index (χ2v) is 3.77. The van der Waals surface area contributed by atoms with Gasteiger partial charge in [0.25, 0.3) is 0 Å². The highest BCUT2D eigenvalue weighted by atomic mass is 79.9. The molecule has 0 saturated heterocycles. The molecule has 0 aromatic heterocycles. The Morgan fingerprint density at radius 2 is 2.15 bits per heavy atom. The molecule has 0 fully saturated rings. The van der Waals surface area contributed by atoms with E-state index in [1.54, 1.807) is 12.1 Å². The SMILES string of the molecule is NCC[C@@H](N)c1cc(Br)ccc1F. The van der Waals surface area contributed by atoms with Crippen LogP contribution in [0.3, 0.4) is 0 Å². The molecule has 0 spiro atoms. The third-order valence-corrected chi connectivity index (χ3v) is 2.33. The van der Waals surface area contributed by atoms with Crippen molar-refractivity contribution in [2.75, 3.05) is 6.54 Å². The molecule has 0 unspecified atom stereocenters. The van der Waals surface area contributed by atoms with Crippen molar-refractivity contribution in [3.05, 3.63) is 34.1 Å². The molecule has 0 saturated carbocycles. The molecule has 72 valence electrons. The van der Waals surface area contributed by atoms with Gasteiger partial charge in [-0.05, 0) is 31.2 Å². The molecule has 4 N–H and O–H groups in total. The molecule has 0 amide bonds. The molecule has 2 nitrogen and oxygen atoms in total. The van der Waals surface area contributed by atoms with E-state index in [-0.39, 0.29) is 11.9 Å². The summed E-state index contributed by atoms with van der Waals surface area (Å²) in [7, 11) is 0. The Bertz CT molecular complexity index is 291. The van der Waals surface area contributed by atoms with Crippen molar-refractivity contribution in [2.24, 2.45) is 11.5 Å². The molecule has 0 heterocycles. The molecule has 1 aromatic rings. The molecule has 0 aliphatic carbocycles. The topological polar surface area (TPSA) is 52.0 Å². The van der Waals surface area contributed by atoms with Crippen LogP contribution < -0.4 is 11.5 Å². The van der Waals surface area contributed by atoms with Crippen LogP contribution in [0.25, 0.3) is 0 Å². The first-order chi connectivity index (χ1) is 6.15. The van der Waals surface area contributed by atoms with E-state index < -0.39 is 0 Å². The Balaban J connectivity index is 2.91. The van der Waals surface area contributed by atoms with Gasteiger partial charge in [-0.1, -0.05) is 15.9 Å². The van der Waals surface area contributed by atoms with E-state index in [1.165, 1.54) is 6.07 Å². The molecule has 0 aliphatic heterocycles. The lowest BCUT2D eigenvalue weighted by atomic mass is 10.0. The van der Waals surface area contributed by atoms with Gasteiger partial charge in [0.05, 0.1) is 0 Å². The number of rotatable bonds is 3. The minimum absolute atomic E-state index is 0.274. The Hall–Kier alpha value is -0.450. The highest BCUT2D eigenvalue weighted by Gasteiger charge is 2.10. The lowest BCUT2D eigenvalue weighted by Crippen LogP contribution is -2.16. The van der Waals surface area contributed by atoms with Gasteiger partial charge in [-0.25, -0.2) is 4.39 Å². The van der Waals surface area contributed by atoms with Crippen LogP contribution >= 0.6 is 15.9 Å². The van der Waals surface area contributed by atoms with Crippen LogP contribution in [-0.2, 0) is 0 Å². The zero-order valence-corrected chi connectivity index (χ0v) is 8.72. The minimum Gasteiger partial charge on any atom is -0.330 e. The molecular formula is C9H12BrFN2. The van der Waals surface area contributed by atoms with Crippen molar-refractivity contribution in [1.29, 1.82) is 0 Å². The summed E-state index contributed by atoms with van der Waals surface area (Å²) < 4.78 is 14.0. The average molecular weight is 247 g/mol. The minimum atomic E-state index is -0.317. The van der Waals surface area contributed by atoms with Crippen LogP contribution in [0.5, 0.6) is 0 Å². The number of hydrogen-bond acceptors (Lipinski definition) is 2. The largest absolute Gasteiger partial charge is 0.330 e. The van der Waals surface area contributed by atoms with Crippen LogP contribution in [0, 0.1) is 5.82 Å². The first-order valence-corrected chi connectivity index (χ1v) is 4.85. The summed E-state index contributed by atoms with van der Waals surface area (Å²) in [5, 5.41) is 0. The zero-order valence-electron chi connectivity index (χ0n) is 7.13. The standard InChI is InChI=1S/C9H12BrFN2/c10-6-1-2-8(11)7(5-6)9(13)3-4-12/h1-2,5,9H,3-4,12-13H2/t9-/m1/s1. The predicted octanol–water partition coefficient (Wildman–Crippen LogP) is 1.94. The lowest BCUT2D eigenvalue weighted by Gasteiger charge is -2.11. The summed E-state index contributed by atoms with van der Waals surface area (Å²) in [4.78, 5) is 0. The molecular weight excluding hydrogens is 235 g/mol. The maximum absolute atomic E-state index is 13.2. The summed E-state index contributed by atoms with van der Waals surface area (Å²) >= 11 is 3.26. The maximum Gasteiger partial charge on any atom is 0.128 e. The Labute approximate surface area is 85.2 Å². The van der Waals surface area contributed by atoms with Gasteiger partial charge in [0.15, 0.2) is 0 Å². The van der Waals surface area contributed by atoms with Gasteiger partial charge in [-0.2, -0.15) is 0 Å².